The Kier molecular flexibility index (Phi) is 7.48. The van der Waals surface area contributed by atoms with E-state index in [0.717, 1.165) is 17.5 Å². The van der Waals surface area contributed by atoms with Crippen molar-refractivity contribution in [1.82, 2.24) is 9.97 Å². The van der Waals surface area contributed by atoms with E-state index in [2.05, 4.69) is 20.3 Å². The minimum absolute atomic E-state index is 0.0860. The SMILES string of the molecule is Cc1cccc(N/C(=C\C(N)=NCc2ccc(F)cc2)c2ccnc(C(=CN)C(N)=O)c2)n1. The quantitative estimate of drug-likeness (QED) is 0.238. The van der Waals surface area contributed by atoms with E-state index in [1.165, 1.54) is 18.3 Å². The van der Waals surface area contributed by atoms with E-state index in [9.17, 15) is 9.18 Å². The number of nitrogens with zero attached hydrogens (tertiary/aromatic N) is 3. The molecule has 168 valence electrons. The highest BCUT2D eigenvalue weighted by Gasteiger charge is 2.12. The number of anilines is 1. The summed E-state index contributed by atoms with van der Waals surface area (Å²) in [6.07, 6.45) is 4.29. The molecule has 0 aliphatic heterocycles. The minimum Gasteiger partial charge on any atom is -0.404 e. The Morgan fingerprint density at radius 3 is 2.58 bits per heavy atom. The van der Waals surface area contributed by atoms with Gasteiger partial charge in [0.1, 0.15) is 17.5 Å². The van der Waals surface area contributed by atoms with Gasteiger partial charge in [0.2, 0.25) is 0 Å². The summed E-state index contributed by atoms with van der Waals surface area (Å²) in [4.78, 5) is 24.7. The molecule has 7 N–H and O–H groups in total. The van der Waals surface area contributed by atoms with Gasteiger partial charge in [0.05, 0.1) is 23.5 Å². The number of hydrogen-bond donors (Lipinski definition) is 4. The van der Waals surface area contributed by atoms with Gasteiger partial charge in [-0.05, 0) is 48.9 Å². The number of rotatable bonds is 8. The first-order valence-corrected chi connectivity index (χ1v) is 10.0. The molecule has 0 aliphatic rings. The zero-order chi connectivity index (χ0) is 23.8. The molecule has 33 heavy (non-hydrogen) atoms. The number of primary amides is 1. The average molecular weight is 446 g/mol. The zero-order valence-corrected chi connectivity index (χ0v) is 18.0. The van der Waals surface area contributed by atoms with Gasteiger partial charge in [-0.15, -0.1) is 0 Å². The molecule has 0 radical (unpaired) electrons. The lowest BCUT2D eigenvalue weighted by Gasteiger charge is -2.13. The van der Waals surface area contributed by atoms with Crippen LogP contribution in [0.3, 0.4) is 0 Å². The molecule has 0 bridgehead atoms. The van der Waals surface area contributed by atoms with Crippen molar-refractivity contribution in [2.24, 2.45) is 22.2 Å². The van der Waals surface area contributed by atoms with Crippen LogP contribution in [0, 0.1) is 12.7 Å². The Morgan fingerprint density at radius 2 is 1.91 bits per heavy atom. The van der Waals surface area contributed by atoms with Crippen molar-refractivity contribution >= 4 is 28.8 Å². The van der Waals surface area contributed by atoms with Gasteiger partial charge >= 0.3 is 0 Å². The molecule has 2 heterocycles. The Bertz CT molecular complexity index is 1230. The van der Waals surface area contributed by atoms with Gasteiger partial charge < -0.3 is 22.5 Å². The second kappa shape index (κ2) is 10.7. The first kappa shape index (κ1) is 23.1. The smallest absolute Gasteiger partial charge is 0.252 e. The molecular weight excluding hydrogens is 421 g/mol. The fourth-order valence-corrected chi connectivity index (χ4v) is 2.95. The van der Waals surface area contributed by atoms with Crippen molar-refractivity contribution < 1.29 is 9.18 Å². The predicted molar refractivity (Wildman–Crippen MR) is 128 cm³/mol. The number of aromatic nitrogens is 2. The summed E-state index contributed by atoms with van der Waals surface area (Å²) < 4.78 is 13.1. The highest BCUT2D eigenvalue weighted by Crippen LogP contribution is 2.21. The maximum absolute atomic E-state index is 13.1. The van der Waals surface area contributed by atoms with Gasteiger partial charge in [-0.1, -0.05) is 18.2 Å². The highest BCUT2D eigenvalue weighted by molar-refractivity contribution is 6.18. The van der Waals surface area contributed by atoms with E-state index in [4.69, 9.17) is 17.2 Å². The molecule has 0 saturated carbocycles. The van der Waals surface area contributed by atoms with E-state index in [0.29, 0.717) is 22.8 Å². The number of nitrogens with one attached hydrogen (secondary N) is 1. The molecule has 1 aromatic carbocycles. The number of aryl methyl sites for hydroxylation is 1. The van der Waals surface area contributed by atoms with Crippen molar-refractivity contribution in [3.8, 4) is 0 Å². The lowest BCUT2D eigenvalue weighted by atomic mass is 10.1. The van der Waals surface area contributed by atoms with Crippen molar-refractivity contribution in [2.45, 2.75) is 13.5 Å². The second-order valence-corrected chi connectivity index (χ2v) is 7.09. The van der Waals surface area contributed by atoms with Crippen LogP contribution in [0.15, 0.2) is 78.1 Å². The van der Waals surface area contributed by atoms with Crippen LogP contribution in [-0.4, -0.2) is 21.7 Å². The van der Waals surface area contributed by atoms with Gasteiger partial charge in [0, 0.05) is 29.7 Å². The number of pyridine rings is 2. The van der Waals surface area contributed by atoms with Gasteiger partial charge in [-0.2, -0.15) is 0 Å². The summed E-state index contributed by atoms with van der Waals surface area (Å²) in [6.45, 7) is 2.16. The molecule has 2 aromatic heterocycles. The topological polar surface area (TPSA) is 145 Å². The fourth-order valence-electron chi connectivity index (χ4n) is 2.95. The van der Waals surface area contributed by atoms with Crippen molar-refractivity contribution in [1.29, 1.82) is 0 Å². The lowest BCUT2D eigenvalue weighted by Crippen LogP contribution is -2.16. The first-order valence-electron chi connectivity index (χ1n) is 10.0. The molecule has 0 spiro atoms. The van der Waals surface area contributed by atoms with Crippen LogP contribution in [0.1, 0.15) is 22.5 Å². The molecule has 3 rings (SSSR count). The number of amidine groups is 1. The summed E-state index contributed by atoms with van der Waals surface area (Å²) in [6, 6.07) is 15.0. The van der Waals surface area contributed by atoms with Crippen LogP contribution >= 0.6 is 0 Å². The van der Waals surface area contributed by atoms with Gasteiger partial charge in [0.15, 0.2) is 0 Å². The van der Waals surface area contributed by atoms with Crippen molar-refractivity contribution in [3.05, 3.63) is 101 Å². The van der Waals surface area contributed by atoms with Crippen molar-refractivity contribution in [3.63, 3.8) is 0 Å². The van der Waals surface area contributed by atoms with Gasteiger partial charge in [0.25, 0.3) is 5.91 Å². The number of carbonyl (C=O) groups is 1. The van der Waals surface area contributed by atoms with Crippen LogP contribution in [0.5, 0.6) is 0 Å². The monoisotopic (exact) mass is 445 g/mol. The third kappa shape index (κ3) is 6.47. The number of aliphatic imine (C=N–C) groups is 1. The third-order valence-corrected chi connectivity index (χ3v) is 4.58. The van der Waals surface area contributed by atoms with E-state index in [1.807, 2.05) is 25.1 Å². The maximum Gasteiger partial charge on any atom is 0.252 e. The predicted octanol–water partition coefficient (Wildman–Crippen LogP) is 2.72. The summed E-state index contributed by atoms with van der Waals surface area (Å²) >= 11 is 0. The Morgan fingerprint density at radius 1 is 1.15 bits per heavy atom. The third-order valence-electron chi connectivity index (χ3n) is 4.58. The highest BCUT2D eigenvalue weighted by atomic mass is 19.1. The summed E-state index contributed by atoms with van der Waals surface area (Å²) in [7, 11) is 0. The number of amides is 1. The molecule has 0 aliphatic carbocycles. The number of benzene rings is 1. The molecular formula is C24H24FN7O. The van der Waals surface area contributed by atoms with Crippen LogP contribution in [-0.2, 0) is 11.3 Å². The van der Waals surface area contributed by atoms with Gasteiger partial charge in [-0.25, -0.2) is 9.37 Å². The van der Waals surface area contributed by atoms with Crippen molar-refractivity contribution in [2.75, 3.05) is 5.32 Å². The van der Waals surface area contributed by atoms with Gasteiger partial charge in [-0.3, -0.25) is 14.8 Å². The van der Waals surface area contributed by atoms with E-state index >= 15 is 0 Å². The number of hydrogen-bond acceptors (Lipinski definition) is 6. The normalized spacial score (nSPS) is 12.5. The summed E-state index contributed by atoms with van der Waals surface area (Å²) in [5.41, 5.74) is 20.4. The molecule has 8 nitrogen and oxygen atoms in total. The van der Waals surface area contributed by atoms with E-state index < -0.39 is 5.91 Å². The van der Waals surface area contributed by atoms with E-state index in [-0.39, 0.29) is 23.8 Å². The Hall–Kier alpha value is -4.53. The van der Waals surface area contributed by atoms with E-state index in [1.54, 1.807) is 30.3 Å². The van der Waals surface area contributed by atoms with Crippen LogP contribution < -0.4 is 22.5 Å². The number of halogens is 1. The standard InChI is InChI=1S/C24H24FN7O/c1-15-3-2-4-23(31-15)32-20(12-22(27)30-14-16-5-7-18(25)8-6-16)17-9-10-29-21(11-17)19(13-26)24(28)33/h2-13H,14,26H2,1H3,(H2,27,30)(H2,28,33)(H,31,32)/b19-13?,20-12-. The Labute approximate surface area is 190 Å². The first-order chi connectivity index (χ1) is 15.9. The van der Waals surface area contributed by atoms with Crippen LogP contribution in [0.4, 0.5) is 10.2 Å². The number of carbonyl (C=O) groups excluding carboxylic acids is 1. The molecule has 0 atom stereocenters. The summed E-state index contributed by atoms with van der Waals surface area (Å²) in [5, 5.41) is 3.23. The van der Waals surface area contributed by atoms with Crippen LogP contribution in [0.2, 0.25) is 0 Å². The lowest BCUT2D eigenvalue weighted by molar-refractivity contribution is -0.112. The molecule has 1 amide bonds. The number of nitrogens with two attached hydrogens (primary N) is 3. The zero-order valence-electron chi connectivity index (χ0n) is 18.0. The van der Waals surface area contributed by atoms with Crippen LogP contribution in [0.25, 0.3) is 11.3 Å². The average Bonchev–Trinajstić information content (AvgIpc) is 2.79. The molecule has 0 fully saturated rings. The molecule has 3 aromatic rings. The minimum atomic E-state index is -0.693. The summed E-state index contributed by atoms with van der Waals surface area (Å²) in [5.74, 6) is -0.183. The molecule has 0 saturated heterocycles. The molecule has 9 heteroatoms. The maximum atomic E-state index is 13.1. The second-order valence-electron chi connectivity index (χ2n) is 7.09. The fraction of sp³-hybridized carbons (Fsp3) is 0.0833. The Balaban J connectivity index is 1.98. The largest absolute Gasteiger partial charge is 0.404 e. The molecule has 0 unspecified atom stereocenters.